The summed E-state index contributed by atoms with van der Waals surface area (Å²) in [7, 11) is -1.23. The molecule has 0 aromatic heterocycles. The van der Waals surface area contributed by atoms with Crippen LogP contribution in [0.1, 0.15) is 33.3 Å². The van der Waals surface area contributed by atoms with Crippen LogP contribution in [0.15, 0.2) is 42.5 Å². The molecule has 5 nitrogen and oxygen atoms in total. The van der Waals surface area contributed by atoms with Gasteiger partial charge in [-0.05, 0) is 33.3 Å². The van der Waals surface area contributed by atoms with Crippen LogP contribution < -0.4 is 4.72 Å². The first-order valence-corrected chi connectivity index (χ1v) is 9.10. The number of nitrogens with one attached hydrogen (secondary N) is 1. The fraction of sp³-hybridized carbons (Fsp3) is 0.500. The lowest BCUT2D eigenvalue weighted by Crippen LogP contribution is -2.71. The summed E-state index contributed by atoms with van der Waals surface area (Å²) in [6.45, 7) is 12.7. The highest BCUT2D eigenvalue weighted by Crippen LogP contribution is 2.30. The van der Waals surface area contributed by atoms with Crippen LogP contribution >= 0.6 is 0 Å². The molecule has 2 rings (SSSR count). The van der Waals surface area contributed by atoms with Crippen molar-refractivity contribution < 1.29 is 13.7 Å². The second kappa shape index (κ2) is 7.07. The molecule has 0 bridgehead atoms. The van der Waals surface area contributed by atoms with Crippen LogP contribution in [-0.2, 0) is 22.3 Å². The van der Waals surface area contributed by atoms with Crippen molar-refractivity contribution in [3.05, 3.63) is 48.0 Å². The third kappa shape index (κ3) is 4.24. The zero-order valence-electron chi connectivity index (χ0n) is 14.8. The number of nitrogens with zero attached hydrogens (tertiary/aromatic N) is 1. The minimum absolute atomic E-state index is 0.248. The summed E-state index contributed by atoms with van der Waals surface area (Å²) in [4.78, 5) is 13.8. The molecule has 1 unspecified atom stereocenters. The van der Waals surface area contributed by atoms with E-state index in [1.807, 2.05) is 58.0 Å². The Bertz CT molecular complexity index is 631. The van der Waals surface area contributed by atoms with Crippen molar-refractivity contribution in [2.24, 2.45) is 0 Å². The molecule has 1 heterocycles. The summed E-state index contributed by atoms with van der Waals surface area (Å²) in [6, 6.07) is 9.56. The Morgan fingerprint density at radius 2 is 1.92 bits per heavy atom. The largest absolute Gasteiger partial charge is 0.445 e. The van der Waals surface area contributed by atoms with E-state index < -0.39 is 16.5 Å². The number of hydrogen-bond donors (Lipinski definition) is 1. The lowest BCUT2D eigenvalue weighted by atomic mass is 9.85. The Morgan fingerprint density at radius 3 is 2.42 bits per heavy atom. The Hall–Kier alpha value is -1.66. The molecule has 0 aliphatic carbocycles. The summed E-state index contributed by atoms with van der Waals surface area (Å²) < 4.78 is 20.5. The van der Waals surface area contributed by atoms with Crippen LogP contribution in [-0.4, -0.2) is 38.6 Å². The SMILES string of the molecule is C=C(C)C1(NS(=O)C(C)(C)C)CN(C(=O)OCc2ccccc2)C1. The number of amides is 1. The van der Waals surface area contributed by atoms with Gasteiger partial charge in [0.1, 0.15) is 6.61 Å². The second-order valence-corrected chi connectivity index (χ2v) is 9.21. The fourth-order valence-corrected chi connectivity index (χ4v) is 3.26. The molecule has 0 saturated carbocycles. The van der Waals surface area contributed by atoms with E-state index in [4.69, 9.17) is 4.74 Å². The van der Waals surface area contributed by atoms with E-state index in [9.17, 15) is 9.00 Å². The lowest BCUT2D eigenvalue weighted by molar-refractivity contribution is 0.0431. The van der Waals surface area contributed by atoms with E-state index in [1.165, 1.54) is 0 Å². The van der Waals surface area contributed by atoms with Crippen LogP contribution in [0.3, 0.4) is 0 Å². The number of carbonyl (C=O) groups excluding carboxylic acids is 1. The van der Waals surface area contributed by atoms with E-state index >= 15 is 0 Å². The van der Waals surface area contributed by atoms with E-state index in [0.717, 1.165) is 11.1 Å². The lowest BCUT2D eigenvalue weighted by Gasteiger charge is -2.50. The van der Waals surface area contributed by atoms with Crippen LogP contribution in [0.25, 0.3) is 0 Å². The van der Waals surface area contributed by atoms with Gasteiger partial charge in [0.15, 0.2) is 0 Å². The first-order valence-electron chi connectivity index (χ1n) is 7.95. The van der Waals surface area contributed by atoms with Crippen LogP contribution in [0.2, 0.25) is 0 Å². The smallest absolute Gasteiger partial charge is 0.410 e. The van der Waals surface area contributed by atoms with Gasteiger partial charge in [0.25, 0.3) is 0 Å². The summed E-state index contributed by atoms with van der Waals surface area (Å²) >= 11 is 0. The van der Waals surface area contributed by atoms with Crippen molar-refractivity contribution in [2.45, 2.75) is 44.6 Å². The quantitative estimate of drug-likeness (QED) is 0.831. The van der Waals surface area contributed by atoms with Crippen LogP contribution in [0.5, 0.6) is 0 Å². The topological polar surface area (TPSA) is 58.6 Å². The zero-order valence-corrected chi connectivity index (χ0v) is 15.6. The number of carbonyl (C=O) groups is 1. The highest BCUT2D eigenvalue weighted by molar-refractivity contribution is 7.84. The number of hydrogen-bond acceptors (Lipinski definition) is 3. The minimum atomic E-state index is -1.23. The molecule has 1 aliphatic heterocycles. The maximum Gasteiger partial charge on any atom is 0.410 e. The van der Waals surface area contributed by atoms with Gasteiger partial charge in [0.2, 0.25) is 0 Å². The molecule has 1 aliphatic rings. The first-order chi connectivity index (χ1) is 11.1. The van der Waals surface area contributed by atoms with E-state index in [-0.39, 0.29) is 17.4 Å². The summed E-state index contributed by atoms with van der Waals surface area (Å²) in [5.74, 6) is 0. The molecule has 1 N–H and O–H groups in total. The van der Waals surface area contributed by atoms with Gasteiger partial charge in [0, 0.05) is 13.1 Å². The maximum atomic E-state index is 12.4. The van der Waals surface area contributed by atoms with Crippen molar-refractivity contribution in [3.63, 3.8) is 0 Å². The van der Waals surface area contributed by atoms with Gasteiger partial charge >= 0.3 is 6.09 Å². The monoisotopic (exact) mass is 350 g/mol. The van der Waals surface area contributed by atoms with E-state index in [0.29, 0.717) is 13.1 Å². The summed E-state index contributed by atoms with van der Waals surface area (Å²) in [5, 5.41) is 0. The standard InChI is InChI=1S/C18H26N2O3S/c1-14(2)18(19-24(22)17(3,4)5)12-20(13-18)16(21)23-11-15-9-7-6-8-10-15/h6-10,19H,1,11-13H2,2-5H3. The molecule has 1 aromatic rings. The van der Waals surface area contributed by atoms with Crippen molar-refractivity contribution in [1.82, 2.24) is 9.62 Å². The molecular weight excluding hydrogens is 324 g/mol. The van der Waals surface area contributed by atoms with Gasteiger partial charge in [-0.15, -0.1) is 0 Å². The van der Waals surface area contributed by atoms with Gasteiger partial charge in [0.05, 0.1) is 21.3 Å². The Labute approximate surface area is 146 Å². The molecular formula is C18H26N2O3S. The Balaban J connectivity index is 1.91. The van der Waals surface area contributed by atoms with Gasteiger partial charge in [-0.3, -0.25) is 0 Å². The molecule has 1 atom stereocenters. The van der Waals surface area contributed by atoms with Crippen LogP contribution in [0, 0.1) is 0 Å². The van der Waals surface area contributed by atoms with Crippen molar-refractivity contribution in [1.29, 1.82) is 0 Å². The second-order valence-electron chi connectivity index (χ2n) is 7.24. The third-order valence-corrected chi connectivity index (χ3v) is 5.73. The average molecular weight is 350 g/mol. The summed E-state index contributed by atoms with van der Waals surface area (Å²) in [5.41, 5.74) is 1.31. The number of benzene rings is 1. The third-order valence-electron chi connectivity index (χ3n) is 4.05. The average Bonchev–Trinajstić information content (AvgIpc) is 2.47. The van der Waals surface area contributed by atoms with Crippen molar-refractivity contribution >= 4 is 17.1 Å². The highest BCUT2D eigenvalue weighted by atomic mass is 32.2. The van der Waals surface area contributed by atoms with Gasteiger partial charge in [-0.1, -0.05) is 42.5 Å². The Morgan fingerprint density at radius 1 is 1.33 bits per heavy atom. The summed E-state index contributed by atoms with van der Waals surface area (Å²) in [6.07, 6.45) is -0.362. The first kappa shape index (κ1) is 18.7. The molecule has 1 aromatic carbocycles. The molecule has 0 radical (unpaired) electrons. The number of rotatable bonds is 5. The highest BCUT2D eigenvalue weighted by Gasteiger charge is 2.48. The zero-order chi connectivity index (χ0) is 18.0. The molecule has 1 fully saturated rings. The van der Waals surface area contributed by atoms with Gasteiger partial charge < -0.3 is 9.64 Å². The van der Waals surface area contributed by atoms with Gasteiger partial charge in [-0.25, -0.2) is 13.7 Å². The van der Waals surface area contributed by atoms with E-state index in [1.54, 1.807) is 4.90 Å². The van der Waals surface area contributed by atoms with Gasteiger partial charge in [-0.2, -0.15) is 0 Å². The normalized spacial score (nSPS) is 17.8. The molecule has 24 heavy (non-hydrogen) atoms. The van der Waals surface area contributed by atoms with Crippen LogP contribution in [0.4, 0.5) is 4.79 Å². The molecule has 132 valence electrons. The number of ether oxygens (including phenoxy) is 1. The molecule has 6 heteroatoms. The predicted molar refractivity (Wildman–Crippen MR) is 96.8 cm³/mol. The minimum Gasteiger partial charge on any atom is -0.445 e. The molecule has 1 amide bonds. The molecule has 0 spiro atoms. The van der Waals surface area contributed by atoms with Crippen molar-refractivity contribution in [3.8, 4) is 0 Å². The molecule has 1 saturated heterocycles. The van der Waals surface area contributed by atoms with E-state index in [2.05, 4.69) is 11.3 Å². The maximum absolute atomic E-state index is 12.4. The predicted octanol–water partition coefficient (Wildman–Crippen LogP) is 3.01. The van der Waals surface area contributed by atoms with Crippen molar-refractivity contribution in [2.75, 3.05) is 13.1 Å². The fourth-order valence-electron chi connectivity index (χ4n) is 2.30. The Kier molecular flexibility index (Phi) is 5.50. The number of likely N-dealkylation sites (tertiary alicyclic amines) is 1.